The van der Waals surface area contributed by atoms with Crippen LogP contribution in [0.25, 0.3) is 0 Å². The minimum Gasteiger partial charge on any atom is -0.285 e. The van der Waals surface area contributed by atoms with E-state index in [0.29, 0.717) is 0 Å². The van der Waals surface area contributed by atoms with Gasteiger partial charge in [0.05, 0.1) is 6.20 Å². The van der Waals surface area contributed by atoms with Gasteiger partial charge in [0.1, 0.15) is 0 Å². The summed E-state index contributed by atoms with van der Waals surface area (Å²) in [5, 5.41) is 6.38. The molecule has 0 fully saturated rings. The average molecular weight is 196 g/mol. The molecule has 0 spiro atoms. The van der Waals surface area contributed by atoms with Gasteiger partial charge < -0.3 is 0 Å². The second kappa shape index (κ2) is 10.3. The molecule has 1 aromatic heterocycles. The standard InChI is InChI=1S/C8H18.C4H6N2/c1-3-5-7-8-6-4-2;1-4-2-5-6-3-4/h3-8H2,1-2H3;2-3H,1H3,(H,5,6). The Labute approximate surface area is 88.1 Å². The van der Waals surface area contributed by atoms with Gasteiger partial charge >= 0.3 is 0 Å². The molecule has 0 saturated heterocycles. The summed E-state index contributed by atoms with van der Waals surface area (Å²) in [5.41, 5.74) is 1.18. The highest BCUT2D eigenvalue weighted by atomic mass is 15.1. The monoisotopic (exact) mass is 196 g/mol. The third kappa shape index (κ3) is 9.30. The van der Waals surface area contributed by atoms with Crippen molar-refractivity contribution in [2.45, 2.75) is 59.3 Å². The zero-order valence-corrected chi connectivity index (χ0v) is 9.84. The number of aromatic amines is 1. The molecule has 2 heteroatoms. The highest BCUT2D eigenvalue weighted by Gasteiger charge is 1.83. The average Bonchev–Trinajstić information content (AvgIpc) is 2.65. The van der Waals surface area contributed by atoms with E-state index in [9.17, 15) is 0 Å². The molecule has 82 valence electrons. The van der Waals surface area contributed by atoms with Gasteiger partial charge in [0.15, 0.2) is 0 Å². The number of nitrogens with one attached hydrogen (secondary N) is 1. The molecule has 0 aromatic carbocycles. The molecule has 0 bridgehead atoms. The largest absolute Gasteiger partial charge is 0.285 e. The lowest BCUT2D eigenvalue weighted by Gasteiger charge is -1.93. The van der Waals surface area contributed by atoms with E-state index >= 15 is 0 Å². The van der Waals surface area contributed by atoms with Crippen LogP contribution in [0.4, 0.5) is 0 Å². The summed E-state index contributed by atoms with van der Waals surface area (Å²) in [6.45, 7) is 6.50. The molecule has 1 aromatic rings. The number of hydrogen-bond acceptors (Lipinski definition) is 1. The first kappa shape index (κ1) is 13.2. The Hall–Kier alpha value is -0.790. The maximum absolute atomic E-state index is 3.70. The Kier molecular flexibility index (Phi) is 9.71. The first-order chi connectivity index (χ1) is 6.81. The van der Waals surface area contributed by atoms with Crippen LogP contribution in [0.15, 0.2) is 12.4 Å². The molecule has 0 atom stereocenters. The van der Waals surface area contributed by atoms with Crippen molar-refractivity contribution >= 4 is 0 Å². The second-order valence-electron chi connectivity index (χ2n) is 3.69. The molecule has 0 saturated carbocycles. The van der Waals surface area contributed by atoms with Gasteiger partial charge in [0.2, 0.25) is 0 Å². The third-order valence-corrected chi connectivity index (χ3v) is 2.09. The minimum atomic E-state index is 1.18. The van der Waals surface area contributed by atoms with E-state index in [1.807, 2.05) is 13.1 Å². The predicted octanol–water partition coefficient (Wildman–Crippen LogP) is 4.08. The van der Waals surface area contributed by atoms with Gasteiger partial charge in [-0.15, -0.1) is 0 Å². The lowest BCUT2D eigenvalue weighted by molar-refractivity contribution is 0.624. The molecular weight excluding hydrogens is 172 g/mol. The highest BCUT2D eigenvalue weighted by Crippen LogP contribution is 2.03. The molecule has 0 unspecified atom stereocenters. The van der Waals surface area contributed by atoms with E-state index in [0.717, 1.165) is 0 Å². The third-order valence-electron chi connectivity index (χ3n) is 2.09. The van der Waals surface area contributed by atoms with Crippen molar-refractivity contribution in [2.75, 3.05) is 0 Å². The van der Waals surface area contributed by atoms with Crippen molar-refractivity contribution in [3.63, 3.8) is 0 Å². The summed E-state index contributed by atoms with van der Waals surface area (Å²) in [4.78, 5) is 0. The quantitative estimate of drug-likeness (QED) is 0.706. The smallest absolute Gasteiger partial charge is 0.0516 e. The van der Waals surface area contributed by atoms with Gasteiger partial charge in [-0.1, -0.05) is 52.4 Å². The number of aryl methyl sites for hydroxylation is 1. The van der Waals surface area contributed by atoms with Crippen LogP contribution in [0.1, 0.15) is 57.9 Å². The fourth-order valence-electron chi connectivity index (χ4n) is 1.17. The summed E-state index contributed by atoms with van der Waals surface area (Å²) < 4.78 is 0. The first-order valence-electron chi connectivity index (χ1n) is 5.76. The van der Waals surface area contributed by atoms with E-state index in [2.05, 4.69) is 24.0 Å². The maximum Gasteiger partial charge on any atom is 0.0516 e. The summed E-state index contributed by atoms with van der Waals surface area (Å²) in [5.74, 6) is 0. The van der Waals surface area contributed by atoms with Crippen LogP contribution < -0.4 is 0 Å². The Morgan fingerprint density at radius 1 is 1.07 bits per heavy atom. The second-order valence-corrected chi connectivity index (χ2v) is 3.69. The number of nitrogens with zero attached hydrogens (tertiary/aromatic N) is 1. The molecule has 0 aliphatic carbocycles. The van der Waals surface area contributed by atoms with Gasteiger partial charge in [-0.2, -0.15) is 5.10 Å². The topological polar surface area (TPSA) is 28.7 Å². The van der Waals surface area contributed by atoms with Gasteiger partial charge in [-0.25, -0.2) is 0 Å². The number of H-pyrrole nitrogens is 1. The highest BCUT2D eigenvalue weighted by molar-refractivity contribution is 4.96. The van der Waals surface area contributed by atoms with Crippen molar-refractivity contribution < 1.29 is 0 Å². The zero-order valence-electron chi connectivity index (χ0n) is 9.84. The van der Waals surface area contributed by atoms with Crippen LogP contribution in [0.5, 0.6) is 0 Å². The zero-order chi connectivity index (χ0) is 10.6. The molecule has 1 rings (SSSR count). The van der Waals surface area contributed by atoms with Crippen LogP contribution in [0.3, 0.4) is 0 Å². The lowest BCUT2D eigenvalue weighted by atomic mass is 10.1. The predicted molar refractivity (Wildman–Crippen MR) is 62.4 cm³/mol. The SMILES string of the molecule is CCCCCCCC.Cc1cn[nH]c1. The molecule has 1 N–H and O–H groups in total. The van der Waals surface area contributed by atoms with Crippen LogP contribution in [0.2, 0.25) is 0 Å². The summed E-state index contributed by atoms with van der Waals surface area (Å²) in [6.07, 6.45) is 12.1. The normalized spacial score (nSPS) is 9.36. The molecule has 14 heavy (non-hydrogen) atoms. The van der Waals surface area contributed by atoms with Gasteiger partial charge in [-0.3, -0.25) is 5.10 Å². The van der Waals surface area contributed by atoms with Crippen LogP contribution in [-0.4, -0.2) is 10.2 Å². The number of rotatable bonds is 5. The lowest BCUT2D eigenvalue weighted by Crippen LogP contribution is -1.73. The van der Waals surface area contributed by atoms with E-state index in [4.69, 9.17) is 0 Å². The van der Waals surface area contributed by atoms with Gasteiger partial charge in [-0.05, 0) is 12.5 Å². The van der Waals surface area contributed by atoms with E-state index in [-0.39, 0.29) is 0 Å². The minimum absolute atomic E-state index is 1.18. The molecule has 0 aliphatic heterocycles. The summed E-state index contributed by atoms with van der Waals surface area (Å²) in [6, 6.07) is 0. The van der Waals surface area contributed by atoms with Crippen molar-refractivity contribution in [3.05, 3.63) is 18.0 Å². The van der Waals surface area contributed by atoms with Crippen LogP contribution in [0, 0.1) is 6.92 Å². The van der Waals surface area contributed by atoms with E-state index < -0.39 is 0 Å². The number of hydrogen-bond donors (Lipinski definition) is 1. The summed E-state index contributed by atoms with van der Waals surface area (Å²) in [7, 11) is 0. The van der Waals surface area contributed by atoms with Crippen molar-refractivity contribution in [1.82, 2.24) is 10.2 Å². The van der Waals surface area contributed by atoms with E-state index in [1.165, 1.54) is 44.1 Å². The van der Waals surface area contributed by atoms with E-state index in [1.54, 1.807) is 6.20 Å². The Morgan fingerprint density at radius 3 is 1.86 bits per heavy atom. The van der Waals surface area contributed by atoms with Crippen LogP contribution >= 0.6 is 0 Å². The van der Waals surface area contributed by atoms with Gasteiger partial charge in [0.25, 0.3) is 0 Å². The Bertz CT molecular complexity index is 174. The molecule has 0 radical (unpaired) electrons. The van der Waals surface area contributed by atoms with Crippen molar-refractivity contribution in [3.8, 4) is 0 Å². The Balaban J connectivity index is 0.000000249. The molecular formula is C12H24N2. The first-order valence-corrected chi connectivity index (χ1v) is 5.76. The number of aromatic nitrogens is 2. The fourth-order valence-corrected chi connectivity index (χ4v) is 1.17. The summed E-state index contributed by atoms with van der Waals surface area (Å²) >= 11 is 0. The molecule has 1 heterocycles. The molecule has 0 amide bonds. The maximum atomic E-state index is 3.70. The fraction of sp³-hybridized carbons (Fsp3) is 0.750. The number of unbranched alkanes of at least 4 members (excludes halogenated alkanes) is 5. The molecule has 0 aliphatic rings. The van der Waals surface area contributed by atoms with Gasteiger partial charge in [0, 0.05) is 6.20 Å². The van der Waals surface area contributed by atoms with Crippen molar-refractivity contribution in [1.29, 1.82) is 0 Å². The Morgan fingerprint density at radius 2 is 1.64 bits per heavy atom. The molecule has 2 nitrogen and oxygen atoms in total. The van der Waals surface area contributed by atoms with Crippen molar-refractivity contribution in [2.24, 2.45) is 0 Å². The van der Waals surface area contributed by atoms with Crippen LogP contribution in [-0.2, 0) is 0 Å².